The highest BCUT2D eigenvalue weighted by Gasteiger charge is 2.26. The van der Waals surface area contributed by atoms with E-state index in [0.29, 0.717) is 19.0 Å². The lowest BCUT2D eigenvalue weighted by Crippen LogP contribution is -2.44. The number of carbonyl (C=O) groups excluding carboxylic acids is 1. The average molecular weight is 478 g/mol. The molecule has 0 radical (unpaired) electrons. The van der Waals surface area contributed by atoms with Gasteiger partial charge in [0.1, 0.15) is 0 Å². The summed E-state index contributed by atoms with van der Waals surface area (Å²) in [6.07, 6.45) is 3.40. The Labute approximate surface area is 185 Å². The molecule has 0 aliphatic carbocycles. The molecular weight excluding hydrogens is 450 g/mol. The van der Waals surface area contributed by atoms with Crippen molar-refractivity contribution in [1.29, 1.82) is 0 Å². The molecule has 4 rings (SSSR count). The SMILES string of the molecule is O=C(NCC1CCN(c2cccc(Br)c2)C1)N(Cc1cccs1)CC1CCCO1. The maximum absolute atomic E-state index is 13.0. The Bertz CT molecular complexity index is 795. The lowest BCUT2D eigenvalue weighted by molar-refractivity contribution is 0.0796. The highest BCUT2D eigenvalue weighted by atomic mass is 79.9. The molecule has 2 atom stereocenters. The summed E-state index contributed by atoms with van der Waals surface area (Å²) in [6, 6.07) is 12.6. The monoisotopic (exact) mass is 477 g/mol. The summed E-state index contributed by atoms with van der Waals surface area (Å²) in [5, 5.41) is 5.26. The number of amides is 2. The van der Waals surface area contributed by atoms with Gasteiger partial charge in [-0.15, -0.1) is 11.3 Å². The third-order valence-corrected chi connectivity index (χ3v) is 7.02. The van der Waals surface area contributed by atoms with Gasteiger partial charge in [-0.1, -0.05) is 28.1 Å². The fourth-order valence-electron chi connectivity index (χ4n) is 4.09. The van der Waals surface area contributed by atoms with E-state index in [0.717, 1.165) is 50.0 Å². The molecule has 2 aromatic rings. The van der Waals surface area contributed by atoms with Gasteiger partial charge < -0.3 is 19.9 Å². The summed E-state index contributed by atoms with van der Waals surface area (Å²) in [5.74, 6) is 0.476. The zero-order valence-corrected chi connectivity index (χ0v) is 19.0. The van der Waals surface area contributed by atoms with E-state index in [9.17, 15) is 4.79 Å². The first-order valence-corrected chi connectivity index (χ1v) is 12.0. The Hall–Kier alpha value is -1.57. The third kappa shape index (κ3) is 5.74. The highest BCUT2D eigenvalue weighted by Crippen LogP contribution is 2.26. The van der Waals surface area contributed by atoms with Crippen molar-refractivity contribution in [1.82, 2.24) is 10.2 Å². The Morgan fingerprint density at radius 3 is 3.00 bits per heavy atom. The van der Waals surface area contributed by atoms with Crippen molar-refractivity contribution in [3.8, 4) is 0 Å². The Balaban J connectivity index is 1.30. The second kappa shape index (κ2) is 9.96. The second-order valence-corrected chi connectivity index (χ2v) is 9.81. The summed E-state index contributed by atoms with van der Waals surface area (Å²) >= 11 is 5.25. The number of carbonyl (C=O) groups is 1. The molecule has 1 aromatic carbocycles. The van der Waals surface area contributed by atoms with Crippen LogP contribution in [0.4, 0.5) is 10.5 Å². The zero-order valence-electron chi connectivity index (χ0n) is 16.6. The van der Waals surface area contributed by atoms with Gasteiger partial charge >= 0.3 is 6.03 Å². The Morgan fingerprint density at radius 1 is 1.31 bits per heavy atom. The molecule has 1 N–H and O–H groups in total. The topological polar surface area (TPSA) is 44.8 Å². The number of nitrogens with zero attached hydrogens (tertiary/aromatic N) is 2. The number of halogens is 1. The first-order chi connectivity index (χ1) is 14.2. The van der Waals surface area contributed by atoms with Gasteiger partial charge in [0.2, 0.25) is 0 Å². The van der Waals surface area contributed by atoms with Crippen molar-refractivity contribution in [3.63, 3.8) is 0 Å². The average Bonchev–Trinajstić information content (AvgIpc) is 3.48. The number of benzene rings is 1. The van der Waals surface area contributed by atoms with Crippen LogP contribution in [-0.2, 0) is 11.3 Å². The minimum atomic E-state index is 0.0230. The van der Waals surface area contributed by atoms with Crippen molar-refractivity contribution < 1.29 is 9.53 Å². The lowest BCUT2D eigenvalue weighted by Gasteiger charge is -2.26. The van der Waals surface area contributed by atoms with Crippen LogP contribution in [0.25, 0.3) is 0 Å². The van der Waals surface area contributed by atoms with Gasteiger partial charge in [-0.25, -0.2) is 4.79 Å². The van der Waals surface area contributed by atoms with Crippen LogP contribution in [0, 0.1) is 5.92 Å². The van der Waals surface area contributed by atoms with Crippen molar-refractivity contribution in [2.45, 2.75) is 31.9 Å². The fourth-order valence-corrected chi connectivity index (χ4v) is 5.20. The molecule has 3 heterocycles. The van der Waals surface area contributed by atoms with Crippen molar-refractivity contribution in [2.75, 3.05) is 37.7 Å². The van der Waals surface area contributed by atoms with Gasteiger partial charge in [-0.3, -0.25) is 0 Å². The largest absolute Gasteiger partial charge is 0.376 e. The molecule has 0 bridgehead atoms. The van der Waals surface area contributed by atoms with Crippen LogP contribution in [-0.4, -0.2) is 49.8 Å². The number of nitrogens with one attached hydrogen (secondary N) is 1. The van der Waals surface area contributed by atoms with Gasteiger partial charge in [0.25, 0.3) is 0 Å². The smallest absolute Gasteiger partial charge is 0.317 e. The molecule has 2 fully saturated rings. The summed E-state index contributed by atoms with van der Waals surface area (Å²) in [6.45, 7) is 4.86. The lowest BCUT2D eigenvalue weighted by atomic mass is 10.1. The highest BCUT2D eigenvalue weighted by molar-refractivity contribution is 9.10. The number of ether oxygens (including phenoxy) is 1. The van der Waals surface area contributed by atoms with Crippen LogP contribution >= 0.6 is 27.3 Å². The summed E-state index contributed by atoms with van der Waals surface area (Å²) in [5.41, 5.74) is 1.24. The van der Waals surface area contributed by atoms with Gasteiger partial charge in [0.15, 0.2) is 0 Å². The zero-order chi connectivity index (χ0) is 20.1. The van der Waals surface area contributed by atoms with Crippen molar-refractivity contribution >= 4 is 39.0 Å². The Morgan fingerprint density at radius 2 is 2.24 bits per heavy atom. The normalized spacial score (nSPS) is 21.5. The first-order valence-electron chi connectivity index (χ1n) is 10.3. The minimum absolute atomic E-state index is 0.0230. The van der Waals surface area contributed by atoms with E-state index >= 15 is 0 Å². The molecule has 2 amide bonds. The molecule has 29 heavy (non-hydrogen) atoms. The van der Waals surface area contributed by atoms with Gasteiger partial charge in [-0.05, 0) is 54.8 Å². The molecule has 5 nitrogen and oxygen atoms in total. The molecular formula is C22H28BrN3O2S. The summed E-state index contributed by atoms with van der Waals surface area (Å²) < 4.78 is 6.88. The molecule has 2 unspecified atom stereocenters. The summed E-state index contributed by atoms with van der Waals surface area (Å²) in [7, 11) is 0. The van der Waals surface area contributed by atoms with Gasteiger partial charge in [0.05, 0.1) is 12.6 Å². The maximum atomic E-state index is 13.0. The molecule has 1 aromatic heterocycles. The minimum Gasteiger partial charge on any atom is -0.376 e. The van der Waals surface area contributed by atoms with Crippen LogP contribution in [0.2, 0.25) is 0 Å². The van der Waals surface area contributed by atoms with Crippen LogP contribution in [0.3, 0.4) is 0 Å². The molecule has 2 saturated heterocycles. The van der Waals surface area contributed by atoms with E-state index in [2.05, 4.69) is 55.8 Å². The first kappa shape index (κ1) is 20.7. The van der Waals surface area contributed by atoms with E-state index in [4.69, 9.17) is 4.74 Å². The van der Waals surface area contributed by atoms with Crippen LogP contribution in [0.1, 0.15) is 24.1 Å². The van der Waals surface area contributed by atoms with Gasteiger partial charge in [-0.2, -0.15) is 0 Å². The molecule has 0 spiro atoms. The van der Waals surface area contributed by atoms with E-state index in [-0.39, 0.29) is 12.1 Å². The van der Waals surface area contributed by atoms with Crippen LogP contribution in [0.5, 0.6) is 0 Å². The van der Waals surface area contributed by atoms with E-state index in [1.54, 1.807) is 11.3 Å². The van der Waals surface area contributed by atoms with E-state index in [1.807, 2.05) is 17.0 Å². The summed E-state index contributed by atoms with van der Waals surface area (Å²) in [4.78, 5) is 18.5. The number of anilines is 1. The number of hydrogen-bond acceptors (Lipinski definition) is 4. The third-order valence-electron chi connectivity index (χ3n) is 5.66. The predicted molar refractivity (Wildman–Crippen MR) is 122 cm³/mol. The molecule has 7 heteroatoms. The van der Waals surface area contributed by atoms with E-state index < -0.39 is 0 Å². The van der Waals surface area contributed by atoms with Gasteiger partial charge in [0, 0.05) is 47.8 Å². The molecule has 0 saturated carbocycles. The van der Waals surface area contributed by atoms with Crippen LogP contribution < -0.4 is 10.2 Å². The molecule has 2 aliphatic rings. The van der Waals surface area contributed by atoms with Crippen molar-refractivity contribution in [3.05, 3.63) is 51.1 Å². The second-order valence-electron chi connectivity index (χ2n) is 7.86. The number of thiophene rings is 1. The fraction of sp³-hybridized carbons (Fsp3) is 0.500. The van der Waals surface area contributed by atoms with Crippen LogP contribution in [0.15, 0.2) is 46.3 Å². The maximum Gasteiger partial charge on any atom is 0.317 e. The quantitative estimate of drug-likeness (QED) is 0.626. The van der Waals surface area contributed by atoms with Crippen molar-refractivity contribution in [2.24, 2.45) is 5.92 Å². The number of hydrogen-bond donors (Lipinski definition) is 1. The predicted octanol–water partition coefficient (Wildman–Crippen LogP) is 4.73. The Kier molecular flexibility index (Phi) is 7.11. The molecule has 2 aliphatic heterocycles. The van der Waals surface area contributed by atoms with E-state index in [1.165, 1.54) is 10.6 Å². The number of urea groups is 1. The number of rotatable bonds is 7. The standard InChI is InChI=1S/C22H28BrN3O2S/c23-18-4-1-5-19(12-18)25-9-8-17(14-25)13-24-22(27)26(15-20-6-2-10-28-20)16-21-7-3-11-29-21/h1,3-5,7,11-12,17,20H,2,6,8-10,13-16H2,(H,24,27). The molecule has 156 valence electrons.